The van der Waals surface area contributed by atoms with E-state index in [0.29, 0.717) is 6.04 Å². The zero-order valence-corrected chi connectivity index (χ0v) is 11.6. The lowest BCUT2D eigenvalue weighted by Crippen LogP contribution is -2.33. The summed E-state index contributed by atoms with van der Waals surface area (Å²) in [5.41, 5.74) is 2.49. The topological polar surface area (TPSA) is 25.4 Å². The lowest BCUT2D eigenvalue weighted by molar-refractivity contribution is 0.0819. The van der Waals surface area contributed by atoms with Gasteiger partial charge in [0.05, 0.1) is 12.3 Å². The monoisotopic (exact) mass is 248 g/mol. The first-order valence-electron chi connectivity index (χ1n) is 7.09. The van der Waals surface area contributed by atoms with Gasteiger partial charge in [0.25, 0.3) is 0 Å². The second-order valence-electron chi connectivity index (χ2n) is 4.94. The van der Waals surface area contributed by atoms with Crippen LogP contribution in [0.1, 0.15) is 37.9 Å². The van der Waals surface area contributed by atoms with Gasteiger partial charge in [0, 0.05) is 25.4 Å². The SMILES string of the molecule is CCOC[C@H]1CCCN1Cc1ccc(CC)cn1. The van der Waals surface area contributed by atoms with Gasteiger partial charge in [0.1, 0.15) is 0 Å². The van der Waals surface area contributed by atoms with Crippen molar-refractivity contribution in [2.24, 2.45) is 0 Å². The van der Waals surface area contributed by atoms with Gasteiger partial charge in [0.2, 0.25) is 0 Å². The van der Waals surface area contributed by atoms with Crippen molar-refractivity contribution >= 4 is 0 Å². The summed E-state index contributed by atoms with van der Waals surface area (Å²) in [6.45, 7) is 8.04. The first kappa shape index (κ1) is 13.5. The van der Waals surface area contributed by atoms with Crippen molar-refractivity contribution in [1.29, 1.82) is 0 Å². The van der Waals surface area contributed by atoms with E-state index in [-0.39, 0.29) is 0 Å². The van der Waals surface area contributed by atoms with Gasteiger partial charge in [-0.25, -0.2) is 0 Å². The van der Waals surface area contributed by atoms with Crippen LogP contribution in [0.2, 0.25) is 0 Å². The number of hydrogen-bond donors (Lipinski definition) is 0. The molecule has 1 aromatic heterocycles. The minimum atomic E-state index is 0.581. The number of aromatic nitrogens is 1. The van der Waals surface area contributed by atoms with E-state index in [9.17, 15) is 0 Å². The molecule has 1 aromatic rings. The van der Waals surface area contributed by atoms with Crippen LogP contribution in [0.15, 0.2) is 18.3 Å². The van der Waals surface area contributed by atoms with Crippen LogP contribution in [0.4, 0.5) is 0 Å². The third kappa shape index (κ3) is 3.53. The lowest BCUT2D eigenvalue weighted by Gasteiger charge is -2.23. The summed E-state index contributed by atoms with van der Waals surface area (Å²) in [5.74, 6) is 0. The van der Waals surface area contributed by atoms with Crippen LogP contribution in [-0.4, -0.2) is 35.7 Å². The summed E-state index contributed by atoms with van der Waals surface area (Å²) in [4.78, 5) is 7.05. The molecule has 0 spiro atoms. The highest BCUT2D eigenvalue weighted by Crippen LogP contribution is 2.19. The highest BCUT2D eigenvalue weighted by atomic mass is 16.5. The summed E-state index contributed by atoms with van der Waals surface area (Å²) in [7, 11) is 0. The lowest BCUT2D eigenvalue weighted by atomic mass is 10.2. The summed E-state index contributed by atoms with van der Waals surface area (Å²) >= 11 is 0. The van der Waals surface area contributed by atoms with E-state index in [1.165, 1.54) is 30.6 Å². The Labute approximate surface area is 110 Å². The maximum absolute atomic E-state index is 5.56. The summed E-state index contributed by atoms with van der Waals surface area (Å²) < 4.78 is 5.56. The summed E-state index contributed by atoms with van der Waals surface area (Å²) in [6.07, 6.45) is 5.60. The van der Waals surface area contributed by atoms with Crippen LogP contribution >= 0.6 is 0 Å². The Hall–Kier alpha value is -0.930. The molecule has 0 radical (unpaired) electrons. The zero-order valence-electron chi connectivity index (χ0n) is 11.6. The van der Waals surface area contributed by atoms with Gasteiger partial charge in [-0.3, -0.25) is 9.88 Å². The summed E-state index contributed by atoms with van der Waals surface area (Å²) in [5, 5.41) is 0. The molecule has 0 bridgehead atoms. The minimum absolute atomic E-state index is 0.581. The fourth-order valence-corrected chi connectivity index (χ4v) is 2.51. The molecule has 3 heteroatoms. The molecule has 1 atom stereocenters. The normalized spacial score (nSPS) is 20.4. The Morgan fingerprint density at radius 1 is 1.39 bits per heavy atom. The molecule has 1 aliphatic heterocycles. The molecule has 1 aliphatic rings. The molecule has 0 unspecified atom stereocenters. The van der Waals surface area contributed by atoms with E-state index in [0.717, 1.165) is 26.2 Å². The molecule has 100 valence electrons. The quantitative estimate of drug-likeness (QED) is 0.774. The van der Waals surface area contributed by atoms with Crippen molar-refractivity contribution in [3.63, 3.8) is 0 Å². The van der Waals surface area contributed by atoms with Crippen LogP contribution in [0.5, 0.6) is 0 Å². The molecule has 3 nitrogen and oxygen atoms in total. The Balaban J connectivity index is 1.90. The van der Waals surface area contributed by atoms with Gasteiger partial charge in [-0.1, -0.05) is 13.0 Å². The van der Waals surface area contributed by atoms with Gasteiger partial charge >= 0.3 is 0 Å². The highest BCUT2D eigenvalue weighted by molar-refractivity contribution is 5.14. The van der Waals surface area contributed by atoms with E-state index < -0.39 is 0 Å². The molecule has 18 heavy (non-hydrogen) atoms. The van der Waals surface area contributed by atoms with Crippen LogP contribution < -0.4 is 0 Å². The molecule has 1 saturated heterocycles. The van der Waals surface area contributed by atoms with Crippen LogP contribution in [0, 0.1) is 0 Å². The third-order valence-corrected chi connectivity index (χ3v) is 3.67. The minimum Gasteiger partial charge on any atom is -0.380 e. The highest BCUT2D eigenvalue weighted by Gasteiger charge is 2.24. The standard InChI is InChI=1S/C15H24N2O/c1-3-13-7-8-14(16-10-13)11-17-9-5-6-15(17)12-18-4-2/h7-8,10,15H,3-6,9,11-12H2,1-2H3/t15-/m1/s1. The van der Waals surface area contributed by atoms with Crippen molar-refractivity contribution < 1.29 is 4.74 Å². The van der Waals surface area contributed by atoms with Crippen molar-refractivity contribution in [1.82, 2.24) is 9.88 Å². The third-order valence-electron chi connectivity index (χ3n) is 3.67. The van der Waals surface area contributed by atoms with Crippen LogP contribution in [0.3, 0.4) is 0 Å². The van der Waals surface area contributed by atoms with E-state index in [4.69, 9.17) is 4.74 Å². The van der Waals surface area contributed by atoms with Crippen molar-refractivity contribution in [2.45, 2.75) is 45.7 Å². The maximum atomic E-state index is 5.56. The average Bonchev–Trinajstić information content (AvgIpc) is 2.84. The number of ether oxygens (including phenoxy) is 1. The Morgan fingerprint density at radius 3 is 2.94 bits per heavy atom. The van der Waals surface area contributed by atoms with E-state index in [2.05, 4.69) is 35.9 Å². The molecule has 0 N–H and O–H groups in total. The fraction of sp³-hybridized carbons (Fsp3) is 0.667. The van der Waals surface area contributed by atoms with Crippen molar-refractivity contribution in [2.75, 3.05) is 19.8 Å². The Bertz CT molecular complexity index is 350. The Kier molecular flexibility index (Phi) is 5.14. The van der Waals surface area contributed by atoms with Crippen molar-refractivity contribution in [3.8, 4) is 0 Å². The molecular formula is C15H24N2O. The van der Waals surface area contributed by atoms with Crippen molar-refractivity contribution in [3.05, 3.63) is 29.6 Å². The number of pyridine rings is 1. The first-order chi connectivity index (χ1) is 8.83. The largest absolute Gasteiger partial charge is 0.380 e. The Morgan fingerprint density at radius 2 is 2.28 bits per heavy atom. The van der Waals surface area contributed by atoms with Gasteiger partial charge < -0.3 is 4.74 Å². The maximum Gasteiger partial charge on any atom is 0.0621 e. The molecular weight excluding hydrogens is 224 g/mol. The molecule has 0 aliphatic carbocycles. The van der Waals surface area contributed by atoms with Gasteiger partial charge in [-0.15, -0.1) is 0 Å². The van der Waals surface area contributed by atoms with E-state index >= 15 is 0 Å². The van der Waals surface area contributed by atoms with E-state index in [1.807, 2.05) is 6.20 Å². The smallest absolute Gasteiger partial charge is 0.0621 e. The zero-order chi connectivity index (χ0) is 12.8. The fourth-order valence-electron chi connectivity index (χ4n) is 2.51. The molecule has 1 fully saturated rings. The second-order valence-corrected chi connectivity index (χ2v) is 4.94. The first-order valence-corrected chi connectivity index (χ1v) is 7.09. The van der Waals surface area contributed by atoms with Gasteiger partial charge in [0.15, 0.2) is 0 Å². The number of hydrogen-bond acceptors (Lipinski definition) is 3. The predicted molar refractivity (Wildman–Crippen MR) is 73.5 cm³/mol. The predicted octanol–water partition coefficient (Wildman–Crippen LogP) is 2.64. The van der Waals surface area contributed by atoms with E-state index in [1.54, 1.807) is 0 Å². The number of aryl methyl sites for hydroxylation is 1. The molecule has 2 rings (SSSR count). The van der Waals surface area contributed by atoms with Gasteiger partial charge in [-0.2, -0.15) is 0 Å². The summed E-state index contributed by atoms with van der Waals surface area (Å²) in [6, 6.07) is 4.93. The van der Waals surface area contributed by atoms with Crippen LogP contribution in [-0.2, 0) is 17.7 Å². The molecule has 0 amide bonds. The number of nitrogens with zero attached hydrogens (tertiary/aromatic N) is 2. The molecule has 0 saturated carbocycles. The molecule has 0 aromatic carbocycles. The number of likely N-dealkylation sites (tertiary alicyclic amines) is 1. The van der Waals surface area contributed by atoms with Gasteiger partial charge in [-0.05, 0) is 44.4 Å². The van der Waals surface area contributed by atoms with Crippen LogP contribution in [0.25, 0.3) is 0 Å². The second kappa shape index (κ2) is 6.86. The number of rotatable bonds is 6. The average molecular weight is 248 g/mol. The molecule has 2 heterocycles.